The normalized spacial score (nSPS) is 13.9. The molecule has 9 heteroatoms. The van der Waals surface area contributed by atoms with Crippen LogP contribution < -0.4 is 15.4 Å². The maximum Gasteiger partial charge on any atom is 0.229 e. The van der Waals surface area contributed by atoms with Crippen LogP contribution in [0.15, 0.2) is 41.1 Å². The van der Waals surface area contributed by atoms with Gasteiger partial charge in [-0.15, -0.1) is 0 Å². The average Bonchev–Trinajstić information content (AvgIpc) is 3.55. The largest absolute Gasteiger partial charge is 0.490 e. The molecule has 5 rings (SSSR count). The number of benzene rings is 1. The van der Waals surface area contributed by atoms with Crippen LogP contribution >= 0.6 is 0 Å². The summed E-state index contributed by atoms with van der Waals surface area (Å²) < 4.78 is 25.3. The van der Waals surface area contributed by atoms with Crippen LogP contribution in [0.2, 0.25) is 0 Å². The first-order valence-corrected chi connectivity index (χ1v) is 10.8. The smallest absolute Gasteiger partial charge is 0.229 e. The Balaban J connectivity index is 1.54. The number of hydrogen-bond donors (Lipinski definition) is 2. The van der Waals surface area contributed by atoms with E-state index < -0.39 is 5.67 Å². The molecule has 1 aromatic carbocycles. The topological polar surface area (TPSA) is 102 Å². The number of halogens is 1. The highest BCUT2D eigenvalue weighted by atomic mass is 19.1. The van der Waals surface area contributed by atoms with Crippen molar-refractivity contribution in [2.24, 2.45) is 5.92 Å². The van der Waals surface area contributed by atoms with Crippen molar-refractivity contribution in [3.63, 3.8) is 0 Å². The molecule has 3 aromatic heterocycles. The molecule has 1 saturated carbocycles. The molecule has 4 aromatic rings. The van der Waals surface area contributed by atoms with Crippen molar-refractivity contribution < 1.29 is 18.3 Å². The van der Waals surface area contributed by atoms with E-state index in [0.717, 1.165) is 23.6 Å². The summed E-state index contributed by atoms with van der Waals surface area (Å²) in [5.74, 6) is 2.06. The lowest BCUT2D eigenvalue weighted by atomic mass is 10.1. The number of carbonyl (C=O) groups excluding carboxylic acids is 1. The van der Waals surface area contributed by atoms with E-state index in [4.69, 9.17) is 9.15 Å². The van der Waals surface area contributed by atoms with Crippen LogP contribution in [0.25, 0.3) is 33.3 Å². The Morgan fingerprint density at radius 3 is 2.76 bits per heavy atom. The van der Waals surface area contributed by atoms with Gasteiger partial charge in [0.15, 0.2) is 5.58 Å². The highest BCUT2D eigenvalue weighted by Crippen LogP contribution is 2.35. The fraction of sp³-hybridized carbons (Fsp3) is 0.333. The van der Waals surface area contributed by atoms with Gasteiger partial charge in [0.05, 0.1) is 5.56 Å². The molecule has 1 amide bonds. The number of hydrogen-bond acceptors (Lipinski definition) is 7. The molecule has 8 nitrogen and oxygen atoms in total. The van der Waals surface area contributed by atoms with Gasteiger partial charge in [-0.3, -0.25) is 4.79 Å². The number of nitrogens with one attached hydrogen (secondary N) is 2. The van der Waals surface area contributed by atoms with Crippen molar-refractivity contribution in [3.05, 3.63) is 36.7 Å². The Morgan fingerprint density at radius 1 is 1.21 bits per heavy atom. The number of amides is 1. The molecule has 0 bridgehead atoms. The first-order chi connectivity index (χ1) is 15.8. The van der Waals surface area contributed by atoms with Gasteiger partial charge in [0.2, 0.25) is 11.8 Å². The lowest BCUT2D eigenvalue weighted by molar-refractivity contribution is -0.117. The Bertz CT molecular complexity index is 1360. The summed E-state index contributed by atoms with van der Waals surface area (Å²) in [4.78, 5) is 25.7. The summed E-state index contributed by atoms with van der Waals surface area (Å²) in [5.41, 5.74) is 0.377. The second kappa shape index (κ2) is 7.99. The van der Waals surface area contributed by atoms with Crippen molar-refractivity contribution in [1.29, 1.82) is 0 Å². The number of anilines is 2. The quantitative estimate of drug-likeness (QED) is 0.411. The fourth-order valence-electron chi connectivity index (χ4n) is 3.51. The third-order valence-corrected chi connectivity index (χ3v) is 5.38. The second-order valence-corrected chi connectivity index (χ2v) is 8.81. The molecule has 0 spiro atoms. The van der Waals surface area contributed by atoms with E-state index in [1.807, 2.05) is 0 Å². The van der Waals surface area contributed by atoms with Crippen LogP contribution in [-0.2, 0) is 4.79 Å². The summed E-state index contributed by atoms with van der Waals surface area (Å²) in [5, 5.41) is 7.51. The zero-order valence-corrected chi connectivity index (χ0v) is 18.6. The SMILES string of the molecule is CNc1ncc(-c2nc3cc(OCC(C)(C)F)ccc3o2)c2cc(NC(=O)C3CC3)ncc12. The highest BCUT2D eigenvalue weighted by Gasteiger charge is 2.30. The molecule has 0 aliphatic heterocycles. The van der Waals surface area contributed by atoms with E-state index in [-0.39, 0.29) is 18.4 Å². The average molecular weight is 449 g/mol. The van der Waals surface area contributed by atoms with Gasteiger partial charge in [-0.05, 0) is 44.9 Å². The highest BCUT2D eigenvalue weighted by molar-refractivity contribution is 6.03. The van der Waals surface area contributed by atoms with Crippen LogP contribution in [0.5, 0.6) is 5.75 Å². The number of carbonyl (C=O) groups is 1. The maximum atomic E-state index is 13.8. The number of aromatic nitrogens is 3. The summed E-state index contributed by atoms with van der Waals surface area (Å²) in [6, 6.07) is 6.99. The van der Waals surface area contributed by atoms with Crippen LogP contribution in [0.4, 0.5) is 16.0 Å². The van der Waals surface area contributed by atoms with Gasteiger partial charge in [-0.2, -0.15) is 0 Å². The minimum absolute atomic E-state index is 0.0165. The lowest BCUT2D eigenvalue weighted by Gasteiger charge is -2.14. The Morgan fingerprint density at radius 2 is 2.03 bits per heavy atom. The van der Waals surface area contributed by atoms with Crippen molar-refractivity contribution in [1.82, 2.24) is 15.0 Å². The van der Waals surface area contributed by atoms with Crippen LogP contribution in [0, 0.1) is 5.92 Å². The predicted octanol–water partition coefficient (Wildman–Crippen LogP) is 4.96. The number of ether oxygens (including phenoxy) is 1. The number of rotatable bonds is 7. The minimum Gasteiger partial charge on any atom is -0.490 e. The zero-order valence-electron chi connectivity index (χ0n) is 18.6. The van der Waals surface area contributed by atoms with Gasteiger partial charge in [-0.25, -0.2) is 19.3 Å². The molecule has 0 saturated heterocycles. The van der Waals surface area contributed by atoms with Crippen LogP contribution in [-0.4, -0.2) is 40.2 Å². The Kier molecular flexibility index (Phi) is 5.11. The van der Waals surface area contributed by atoms with E-state index >= 15 is 0 Å². The first kappa shape index (κ1) is 21.1. The zero-order chi connectivity index (χ0) is 23.2. The third-order valence-electron chi connectivity index (χ3n) is 5.38. The Labute approximate surface area is 189 Å². The van der Waals surface area contributed by atoms with E-state index in [2.05, 4.69) is 25.6 Å². The molecule has 2 N–H and O–H groups in total. The standard InChI is InChI=1S/C24H24FN5O3/c1-24(2,25)12-32-14-6-7-19-18(8-14)29-23(33-19)17-11-28-21(26-3)16-10-27-20(9-15(16)17)30-22(31)13-4-5-13/h6-11,13H,4-5,12H2,1-3H3,(H,26,28)(H,27,30,31). The minimum atomic E-state index is -1.44. The molecular weight excluding hydrogens is 425 g/mol. The predicted molar refractivity (Wildman–Crippen MR) is 124 cm³/mol. The molecule has 0 radical (unpaired) electrons. The second-order valence-electron chi connectivity index (χ2n) is 8.81. The van der Waals surface area contributed by atoms with E-state index in [9.17, 15) is 9.18 Å². The van der Waals surface area contributed by atoms with Gasteiger partial charge >= 0.3 is 0 Å². The Hall–Kier alpha value is -3.75. The summed E-state index contributed by atoms with van der Waals surface area (Å²) in [6.45, 7) is 2.86. The van der Waals surface area contributed by atoms with Gasteiger partial charge < -0.3 is 19.8 Å². The number of oxazole rings is 1. The number of nitrogens with zero attached hydrogens (tertiary/aromatic N) is 3. The van der Waals surface area contributed by atoms with Crippen molar-refractivity contribution in [2.75, 3.05) is 24.3 Å². The lowest BCUT2D eigenvalue weighted by Crippen LogP contribution is -2.22. The van der Waals surface area contributed by atoms with Gasteiger partial charge in [-0.1, -0.05) is 0 Å². The van der Waals surface area contributed by atoms with Crippen LogP contribution in [0.1, 0.15) is 26.7 Å². The molecule has 33 heavy (non-hydrogen) atoms. The molecule has 0 atom stereocenters. The van der Waals surface area contributed by atoms with Gasteiger partial charge in [0.1, 0.15) is 35.2 Å². The van der Waals surface area contributed by atoms with Gasteiger partial charge in [0.25, 0.3) is 0 Å². The van der Waals surface area contributed by atoms with Gasteiger partial charge in [0, 0.05) is 42.2 Å². The molecule has 3 heterocycles. The third kappa shape index (κ3) is 4.44. The maximum absolute atomic E-state index is 13.8. The summed E-state index contributed by atoms with van der Waals surface area (Å²) >= 11 is 0. The van der Waals surface area contributed by atoms with Crippen molar-refractivity contribution in [2.45, 2.75) is 32.4 Å². The first-order valence-electron chi connectivity index (χ1n) is 10.8. The van der Waals surface area contributed by atoms with Crippen molar-refractivity contribution >= 4 is 39.4 Å². The molecule has 0 unspecified atom stereocenters. The van der Waals surface area contributed by atoms with E-state index in [0.29, 0.717) is 39.9 Å². The fourth-order valence-corrected chi connectivity index (χ4v) is 3.51. The van der Waals surface area contributed by atoms with E-state index in [1.54, 1.807) is 43.7 Å². The molecule has 1 fully saturated rings. The molecule has 170 valence electrons. The summed E-state index contributed by atoms with van der Waals surface area (Å²) in [6.07, 6.45) is 5.17. The monoisotopic (exact) mass is 449 g/mol. The van der Waals surface area contributed by atoms with E-state index in [1.165, 1.54) is 13.8 Å². The number of alkyl halides is 1. The molecular formula is C24H24FN5O3. The molecule has 1 aliphatic rings. The number of pyridine rings is 2. The van der Waals surface area contributed by atoms with Crippen molar-refractivity contribution in [3.8, 4) is 17.2 Å². The molecule has 1 aliphatic carbocycles. The van der Waals surface area contributed by atoms with Crippen LogP contribution in [0.3, 0.4) is 0 Å². The number of fused-ring (bicyclic) bond motifs is 2. The summed E-state index contributed by atoms with van der Waals surface area (Å²) in [7, 11) is 1.78.